The third kappa shape index (κ3) is 4.13. The van der Waals surface area contributed by atoms with Crippen LogP contribution in [0.25, 0.3) is 0 Å². The zero-order chi connectivity index (χ0) is 8.81. The van der Waals surface area contributed by atoms with E-state index in [0.717, 1.165) is 12.3 Å². The summed E-state index contributed by atoms with van der Waals surface area (Å²) in [4.78, 5) is 0. The average molecular weight is 159 g/mol. The van der Waals surface area contributed by atoms with E-state index in [1.54, 1.807) is 0 Å². The van der Waals surface area contributed by atoms with Gasteiger partial charge in [0.1, 0.15) is 0 Å². The molecule has 0 unspecified atom stereocenters. The Labute approximate surface area is 78.6 Å². The van der Waals surface area contributed by atoms with Crippen molar-refractivity contribution in [1.82, 2.24) is 0 Å². The van der Waals surface area contributed by atoms with Crippen LogP contribution in [-0.2, 0) is 0 Å². The first-order valence-electron chi connectivity index (χ1n) is 5.16. The van der Waals surface area contributed by atoms with Crippen LogP contribution in [0.3, 0.4) is 0 Å². The van der Waals surface area contributed by atoms with Gasteiger partial charge in [0, 0.05) is 0 Å². The van der Waals surface area contributed by atoms with Crippen LogP contribution < -0.4 is 0 Å². The first kappa shape index (κ1) is 10.1. The van der Waals surface area contributed by atoms with Crippen LogP contribution >= 0.6 is 0 Å². The Morgan fingerprint density at radius 3 is 2.00 bits per heavy atom. The molecule has 1 aliphatic carbocycles. The van der Waals surface area contributed by atoms with Gasteiger partial charge in [-0.25, -0.2) is 0 Å². The Morgan fingerprint density at radius 2 is 1.50 bits per heavy atom. The Bertz CT molecular complexity index is 135. The molecule has 0 saturated heterocycles. The third-order valence-electron chi connectivity index (χ3n) is 2.75. The van der Waals surface area contributed by atoms with E-state index in [1.807, 2.05) is 0 Å². The molecule has 1 rings (SSSR count). The summed E-state index contributed by atoms with van der Waals surface area (Å²) < 4.78 is 0. The van der Waals surface area contributed by atoms with Gasteiger partial charge in [-0.3, -0.25) is 0 Å². The van der Waals surface area contributed by atoms with Crippen molar-refractivity contribution in [2.24, 2.45) is 5.92 Å². The molecule has 1 fully saturated rings. The quantitative estimate of drug-likeness (QED) is 0.541. The van der Waals surface area contributed by atoms with E-state index in [1.165, 1.54) is 44.9 Å². The van der Waals surface area contributed by atoms with Gasteiger partial charge in [0.05, 0.1) is 0 Å². The van der Waals surface area contributed by atoms with Crippen LogP contribution in [0.5, 0.6) is 0 Å². The van der Waals surface area contributed by atoms with Crippen molar-refractivity contribution in [3.05, 3.63) is 0 Å². The maximum atomic E-state index is 5.51. The molecule has 1 saturated carbocycles. The number of hydrogen-bond acceptors (Lipinski definition) is 0. The van der Waals surface area contributed by atoms with Crippen molar-refractivity contribution in [2.45, 2.75) is 51.4 Å². The van der Waals surface area contributed by atoms with Gasteiger partial charge >= 0.3 is 78.0 Å². The van der Waals surface area contributed by atoms with Crippen LogP contribution in [0.15, 0.2) is 0 Å². The SMILES string of the molecule is [B]C(=[B])CC1CCCCCCC1. The zero-order valence-electron chi connectivity index (χ0n) is 7.89. The van der Waals surface area contributed by atoms with Gasteiger partial charge in [0.2, 0.25) is 0 Å². The molecule has 0 heterocycles. The van der Waals surface area contributed by atoms with Gasteiger partial charge in [0.15, 0.2) is 0 Å². The molecule has 0 nitrogen and oxygen atoms in total. The Morgan fingerprint density at radius 1 is 1.00 bits per heavy atom. The molecule has 0 aliphatic heterocycles. The molecule has 0 atom stereocenters. The predicted molar refractivity (Wildman–Crippen MR) is 56.9 cm³/mol. The summed E-state index contributed by atoms with van der Waals surface area (Å²) in [5.41, 5.74) is 0. The minimum atomic E-state index is 0.626. The van der Waals surface area contributed by atoms with Crippen molar-refractivity contribution in [2.75, 3.05) is 0 Å². The van der Waals surface area contributed by atoms with Crippen LogP contribution in [0, 0.1) is 5.92 Å². The van der Waals surface area contributed by atoms with E-state index in [2.05, 4.69) is 0 Å². The van der Waals surface area contributed by atoms with Gasteiger partial charge in [-0.05, 0) is 0 Å². The second-order valence-corrected chi connectivity index (χ2v) is 3.99. The fourth-order valence-electron chi connectivity index (χ4n) is 2.08. The number of rotatable bonds is 2. The first-order chi connectivity index (χ1) is 5.79. The summed E-state index contributed by atoms with van der Waals surface area (Å²) in [7, 11) is 11.0. The fraction of sp³-hybridized carbons (Fsp3) is 0.900. The summed E-state index contributed by atoms with van der Waals surface area (Å²) in [5.74, 6) is 0.773. The summed E-state index contributed by atoms with van der Waals surface area (Å²) in [6.07, 6.45) is 10.6. The van der Waals surface area contributed by atoms with Crippen molar-refractivity contribution < 1.29 is 0 Å². The van der Waals surface area contributed by atoms with E-state index in [4.69, 9.17) is 15.3 Å². The molecule has 0 aromatic heterocycles. The third-order valence-corrected chi connectivity index (χ3v) is 2.75. The standard InChI is InChI=1S/C10H17B2/c11-10(12)8-9-6-4-2-1-3-5-7-9/h9H,1-8H2. The Hall–Kier alpha value is -0.000130. The first-order valence-corrected chi connectivity index (χ1v) is 5.16. The predicted octanol–water partition coefficient (Wildman–Crippen LogP) is 2.20. The van der Waals surface area contributed by atoms with Gasteiger partial charge in [-0.2, -0.15) is 0 Å². The molecule has 0 aromatic carbocycles. The fourth-order valence-corrected chi connectivity index (χ4v) is 2.08. The van der Waals surface area contributed by atoms with Crippen LogP contribution in [0.2, 0.25) is 0 Å². The molecule has 63 valence electrons. The Kier molecular flexibility index (Phi) is 4.72. The molecule has 3 radical (unpaired) electrons. The van der Waals surface area contributed by atoms with Gasteiger partial charge in [-0.1, -0.05) is 0 Å². The molecule has 0 bridgehead atoms. The molecule has 12 heavy (non-hydrogen) atoms. The van der Waals surface area contributed by atoms with Crippen LogP contribution in [0.1, 0.15) is 51.4 Å². The summed E-state index contributed by atoms with van der Waals surface area (Å²) in [6.45, 7) is 0. The second-order valence-electron chi connectivity index (χ2n) is 3.99. The van der Waals surface area contributed by atoms with Crippen LogP contribution in [0.4, 0.5) is 0 Å². The summed E-state index contributed by atoms with van der Waals surface area (Å²) in [6, 6.07) is 0. The van der Waals surface area contributed by atoms with Crippen molar-refractivity contribution in [1.29, 1.82) is 0 Å². The van der Waals surface area contributed by atoms with Gasteiger partial charge in [0.25, 0.3) is 0 Å². The van der Waals surface area contributed by atoms with Crippen molar-refractivity contribution in [3.63, 3.8) is 0 Å². The molecule has 1 aliphatic rings. The Balaban J connectivity index is 2.24. The van der Waals surface area contributed by atoms with Gasteiger partial charge < -0.3 is 0 Å². The van der Waals surface area contributed by atoms with E-state index in [9.17, 15) is 0 Å². The normalized spacial score (nSPS) is 21.2. The van der Waals surface area contributed by atoms with E-state index in [0.29, 0.717) is 5.36 Å². The van der Waals surface area contributed by atoms with E-state index in [-0.39, 0.29) is 0 Å². The topological polar surface area (TPSA) is 0 Å². The molecular formula is C10H17B2. The van der Waals surface area contributed by atoms with Crippen LogP contribution in [-0.4, -0.2) is 20.7 Å². The molecule has 0 aromatic rings. The molecule has 0 amide bonds. The van der Waals surface area contributed by atoms with E-state index < -0.39 is 0 Å². The monoisotopic (exact) mass is 159 g/mol. The minimum absolute atomic E-state index is 0.626. The zero-order valence-corrected chi connectivity index (χ0v) is 7.89. The van der Waals surface area contributed by atoms with Crippen molar-refractivity contribution >= 4 is 20.7 Å². The summed E-state index contributed by atoms with van der Waals surface area (Å²) >= 11 is 0. The molecule has 2 heteroatoms. The second kappa shape index (κ2) is 5.61. The average Bonchev–Trinajstić information content (AvgIpc) is 1.93. The molecular weight excluding hydrogens is 142 g/mol. The molecule has 0 N–H and O–H groups in total. The van der Waals surface area contributed by atoms with Crippen molar-refractivity contribution in [3.8, 4) is 0 Å². The van der Waals surface area contributed by atoms with E-state index >= 15 is 0 Å². The molecule has 0 spiro atoms. The number of hydrogen-bond donors (Lipinski definition) is 0. The maximum absolute atomic E-state index is 5.51. The summed E-state index contributed by atoms with van der Waals surface area (Å²) in [5, 5.41) is 0.626. The van der Waals surface area contributed by atoms with Gasteiger partial charge in [-0.15, -0.1) is 0 Å².